The van der Waals surface area contributed by atoms with Crippen molar-refractivity contribution < 1.29 is 13.9 Å². The fourth-order valence-electron chi connectivity index (χ4n) is 4.79. The summed E-state index contributed by atoms with van der Waals surface area (Å²) in [6.07, 6.45) is 2.25. The Kier molecular flexibility index (Phi) is 6.06. The minimum Gasteiger partial charge on any atom is -0.416 e. The summed E-state index contributed by atoms with van der Waals surface area (Å²) in [7, 11) is 0. The van der Waals surface area contributed by atoms with Crippen molar-refractivity contribution in [3.8, 4) is 17.2 Å². The van der Waals surface area contributed by atoms with Gasteiger partial charge in [0.15, 0.2) is 0 Å². The third kappa shape index (κ3) is 4.68. The number of nitrogens with one attached hydrogen (secondary N) is 2. The number of rotatable bonds is 5. The number of ether oxygens (including phenoxy) is 1. The van der Waals surface area contributed by atoms with Gasteiger partial charge in [-0.05, 0) is 48.2 Å². The SMILES string of the molecule is N#C[C@H](Cc1ccc(-c2ccc3oc(=O)c#cc3c2)cc1)NC(=O)C1CNCCC2(COC2)C1. The quantitative estimate of drug-likeness (QED) is 0.613. The Balaban J connectivity index is 1.23. The first-order chi connectivity index (χ1) is 16.5. The van der Waals surface area contributed by atoms with E-state index in [0.717, 1.165) is 36.1 Å². The number of carbonyl (C=O) groups is 1. The maximum absolute atomic E-state index is 12.9. The maximum Gasteiger partial charge on any atom is 0.390 e. The highest BCUT2D eigenvalue weighted by atomic mass is 16.5. The number of hydrogen-bond acceptors (Lipinski definition) is 6. The molecule has 0 bridgehead atoms. The molecule has 2 aliphatic heterocycles. The largest absolute Gasteiger partial charge is 0.416 e. The van der Waals surface area contributed by atoms with Crippen molar-refractivity contribution in [2.75, 3.05) is 26.3 Å². The molecule has 34 heavy (non-hydrogen) atoms. The van der Waals surface area contributed by atoms with Crippen molar-refractivity contribution >= 4 is 16.9 Å². The minimum atomic E-state index is -0.594. The fourth-order valence-corrected chi connectivity index (χ4v) is 4.79. The summed E-state index contributed by atoms with van der Waals surface area (Å²) in [5, 5.41) is 16.6. The Morgan fingerprint density at radius 1 is 1.21 bits per heavy atom. The topological polar surface area (TPSA) is 104 Å². The standard InChI is InChI=1S/C27H25N3O4/c28-14-23(30-26(32)22-13-27(16-33-17-27)9-10-29-15-22)11-18-1-3-19(4-2-18)20-5-7-24-21(12-20)6-8-25(31)34-24/h1-5,7,12,22-23,29H,9-11,13,15-17H2,(H,30,32)/t22?,23-/m0/s1. The average molecular weight is 456 g/mol. The van der Waals surface area contributed by atoms with E-state index in [4.69, 9.17) is 9.15 Å². The van der Waals surface area contributed by atoms with Crippen LogP contribution in [0.25, 0.3) is 22.1 Å². The predicted molar refractivity (Wildman–Crippen MR) is 126 cm³/mol. The second-order valence-electron chi connectivity index (χ2n) is 9.29. The van der Waals surface area contributed by atoms with Gasteiger partial charge in [-0.25, -0.2) is 4.79 Å². The summed E-state index contributed by atoms with van der Waals surface area (Å²) in [5.74, 6) is -0.226. The first kappa shape index (κ1) is 22.2. The van der Waals surface area contributed by atoms with E-state index in [1.165, 1.54) is 0 Å². The number of amides is 1. The van der Waals surface area contributed by atoms with Crippen molar-refractivity contribution in [2.24, 2.45) is 11.3 Å². The van der Waals surface area contributed by atoms with E-state index < -0.39 is 11.7 Å². The highest BCUT2D eigenvalue weighted by Gasteiger charge is 2.43. The van der Waals surface area contributed by atoms with Crippen LogP contribution < -0.4 is 16.3 Å². The van der Waals surface area contributed by atoms with Gasteiger partial charge in [0.1, 0.15) is 11.6 Å². The summed E-state index contributed by atoms with van der Waals surface area (Å²) in [4.78, 5) is 24.2. The number of benzene rings is 2. The lowest BCUT2D eigenvalue weighted by molar-refractivity contribution is -0.138. The highest BCUT2D eigenvalue weighted by Crippen LogP contribution is 2.39. The van der Waals surface area contributed by atoms with Crippen LogP contribution in [0, 0.1) is 34.8 Å². The predicted octanol–water partition coefficient (Wildman–Crippen LogP) is 2.63. The molecule has 1 unspecified atom stereocenters. The second kappa shape index (κ2) is 9.30. The molecular formula is C27H25N3O4. The van der Waals surface area contributed by atoms with Crippen molar-refractivity contribution in [3.63, 3.8) is 0 Å². The smallest absolute Gasteiger partial charge is 0.390 e. The lowest BCUT2D eigenvalue weighted by Gasteiger charge is -2.42. The Morgan fingerprint density at radius 3 is 2.74 bits per heavy atom. The van der Waals surface area contributed by atoms with Gasteiger partial charge in [-0.3, -0.25) is 4.79 Å². The lowest BCUT2D eigenvalue weighted by Crippen LogP contribution is -2.47. The first-order valence-corrected chi connectivity index (χ1v) is 11.5. The Labute approximate surface area is 197 Å². The second-order valence-corrected chi connectivity index (χ2v) is 9.29. The Hall–Kier alpha value is -3.65. The van der Waals surface area contributed by atoms with E-state index in [1.54, 1.807) is 6.07 Å². The lowest BCUT2D eigenvalue weighted by atomic mass is 9.75. The van der Waals surface area contributed by atoms with Crippen molar-refractivity contribution in [1.29, 1.82) is 5.26 Å². The molecule has 2 N–H and O–H groups in total. The number of nitriles is 1. The molecule has 1 amide bonds. The monoisotopic (exact) mass is 455 g/mol. The molecule has 2 saturated heterocycles. The van der Waals surface area contributed by atoms with Crippen LogP contribution in [0.5, 0.6) is 0 Å². The summed E-state index contributed by atoms with van der Waals surface area (Å²) in [5.41, 5.74) is 2.93. The molecular weight excluding hydrogens is 430 g/mol. The molecule has 7 heteroatoms. The summed E-state index contributed by atoms with van der Waals surface area (Å²) < 4.78 is 10.5. The van der Waals surface area contributed by atoms with Crippen LogP contribution in [-0.2, 0) is 16.0 Å². The summed E-state index contributed by atoms with van der Waals surface area (Å²) in [6.45, 7) is 2.96. The van der Waals surface area contributed by atoms with Gasteiger partial charge in [0, 0.05) is 24.4 Å². The van der Waals surface area contributed by atoms with Crippen LogP contribution >= 0.6 is 0 Å². The zero-order valence-electron chi connectivity index (χ0n) is 18.7. The fraction of sp³-hybridized carbons (Fsp3) is 0.370. The number of carbonyl (C=O) groups excluding carboxylic acids is 1. The van der Waals surface area contributed by atoms with Crippen LogP contribution in [-0.4, -0.2) is 38.3 Å². The third-order valence-electron chi connectivity index (χ3n) is 6.77. The highest BCUT2D eigenvalue weighted by molar-refractivity contribution is 5.82. The third-order valence-corrected chi connectivity index (χ3v) is 6.77. The molecule has 0 aliphatic carbocycles. The normalized spacial score (nSPS) is 19.9. The molecule has 7 nitrogen and oxygen atoms in total. The Bertz CT molecular complexity index is 1290. The van der Waals surface area contributed by atoms with Gasteiger partial charge >= 0.3 is 5.63 Å². The van der Waals surface area contributed by atoms with Gasteiger partial charge in [0.05, 0.1) is 30.6 Å². The van der Waals surface area contributed by atoms with E-state index >= 15 is 0 Å². The molecule has 2 atom stereocenters. The summed E-state index contributed by atoms with van der Waals surface area (Å²) >= 11 is 0. The molecule has 2 aliphatic rings. The van der Waals surface area contributed by atoms with Gasteiger partial charge in [0.2, 0.25) is 5.91 Å². The minimum absolute atomic E-state index is 0.0697. The van der Waals surface area contributed by atoms with E-state index in [2.05, 4.69) is 28.8 Å². The zero-order valence-corrected chi connectivity index (χ0v) is 18.7. The molecule has 3 heterocycles. The van der Waals surface area contributed by atoms with E-state index in [1.807, 2.05) is 36.4 Å². The number of fused-ring (bicyclic) bond motifs is 1. The van der Waals surface area contributed by atoms with Gasteiger partial charge in [-0.1, -0.05) is 36.4 Å². The number of hydrogen-bond donors (Lipinski definition) is 2. The van der Waals surface area contributed by atoms with E-state index in [0.29, 0.717) is 37.1 Å². The molecule has 0 saturated carbocycles. The molecule has 5 rings (SSSR count). The molecule has 2 aromatic carbocycles. The van der Waals surface area contributed by atoms with E-state index in [9.17, 15) is 14.9 Å². The molecule has 1 spiro atoms. The van der Waals surface area contributed by atoms with Crippen LogP contribution in [0.15, 0.2) is 51.7 Å². The van der Waals surface area contributed by atoms with Crippen molar-refractivity contribution in [3.05, 3.63) is 70.6 Å². The Morgan fingerprint density at radius 2 is 2.00 bits per heavy atom. The van der Waals surface area contributed by atoms with Crippen molar-refractivity contribution in [2.45, 2.75) is 25.3 Å². The average Bonchev–Trinajstić information content (AvgIpc) is 3.08. The van der Waals surface area contributed by atoms with Crippen LogP contribution in [0.1, 0.15) is 18.4 Å². The molecule has 172 valence electrons. The zero-order chi connectivity index (χ0) is 23.5. The molecule has 1 aromatic heterocycles. The summed E-state index contributed by atoms with van der Waals surface area (Å²) in [6, 6.07) is 20.3. The van der Waals surface area contributed by atoms with Gasteiger partial charge in [0.25, 0.3) is 0 Å². The van der Waals surface area contributed by atoms with Gasteiger partial charge < -0.3 is 19.8 Å². The first-order valence-electron chi connectivity index (χ1n) is 11.5. The van der Waals surface area contributed by atoms with Gasteiger partial charge in [-0.15, -0.1) is 0 Å². The van der Waals surface area contributed by atoms with Crippen LogP contribution in [0.2, 0.25) is 0 Å². The van der Waals surface area contributed by atoms with Crippen LogP contribution in [0.3, 0.4) is 0 Å². The van der Waals surface area contributed by atoms with Crippen molar-refractivity contribution in [1.82, 2.24) is 10.6 Å². The van der Waals surface area contributed by atoms with Crippen LogP contribution in [0.4, 0.5) is 0 Å². The van der Waals surface area contributed by atoms with Gasteiger partial charge in [-0.2, -0.15) is 5.26 Å². The maximum atomic E-state index is 12.9. The molecule has 0 radical (unpaired) electrons. The number of nitrogens with zero attached hydrogens (tertiary/aromatic N) is 1. The molecule has 2 fully saturated rings. The molecule has 3 aromatic rings. The van der Waals surface area contributed by atoms with E-state index in [-0.39, 0.29) is 17.2 Å².